The van der Waals surface area contributed by atoms with Crippen molar-refractivity contribution < 1.29 is 9.53 Å². The highest BCUT2D eigenvalue weighted by Crippen LogP contribution is 2.39. The molecule has 3 heterocycles. The molecule has 0 spiro atoms. The van der Waals surface area contributed by atoms with E-state index in [1.165, 1.54) is 28.5 Å². The first-order valence-electron chi connectivity index (χ1n) is 8.67. The van der Waals surface area contributed by atoms with Crippen LogP contribution in [0.15, 0.2) is 48.5 Å². The van der Waals surface area contributed by atoms with E-state index in [-0.39, 0.29) is 12.4 Å². The van der Waals surface area contributed by atoms with E-state index >= 15 is 0 Å². The monoisotopic (exact) mass is 417 g/mol. The van der Waals surface area contributed by atoms with Gasteiger partial charge in [0.05, 0.1) is 28.4 Å². The molecule has 3 aromatic heterocycles. The number of fused-ring (bicyclic) bond motifs is 1. The average Bonchev–Trinajstić information content (AvgIpc) is 3.40. The van der Waals surface area contributed by atoms with Gasteiger partial charge in [-0.2, -0.15) is 0 Å². The number of esters is 1. The van der Waals surface area contributed by atoms with Crippen LogP contribution in [0.5, 0.6) is 0 Å². The number of hydrogen-bond donors (Lipinski definition) is 1. The summed E-state index contributed by atoms with van der Waals surface area (Å²) in [7, 11) is 1.40. The van der Waals surface area contributed by atoms with Gasteiger partial charge >= 0.3 is 5.97 Å². The van der Waals surface area contributed by atoms with Gasteiger partial charge in [-0.3, -0.25) is 4.79 Å². The Balaban J connectivity index is 0.00000102. The lowest BCUT2D eigenvalue weighted by Gasteiger charge is -2.00. The Hall–Kier alpha value is -2.08. The van der Waals surface area contributed by atoms with Crippen molar-refractivity contribution in [2.45, 2.75) is 20.3 Å². The van der Waals surface area contributed by atoms with E-state index < -0.39 is 0 Å². The van der Waals surface area contributed by atoms with E-state index in [9.17, 15) is 4.79 Å². The van der Waals surface area contributed by atoms with Crippen molar-refractivity contribution in [1.29, 1.82) is 0 Å². The molecule has 0 amide bonds. The Labute approximate surface area is 171 Å². The fourth-order valence-electron chi connectivity index (χ4n) is 2.78. The highest BCUT2D eigenvalue weighted by atomic mass is 35.5. The maximum Gasteiger partial charge on any atom is 0.311 e. The smallest absolute Gasteiger partial charge is 0.311 e. The van der Waals surface area contributed by atoms with Crippen molar-refractivity contribution in [1.82, 2.24) is 4.98 Å². The average molecular weight is 418 g/mol. The molecule has 0 saturated carbocycles. The van der Waals surface area contributed by atoms with Crippen LogP contribution in [-0.2, 0) is 16.0 Å². The van der Waals surface area contributed by atoms with E-state index in [1.54, 1.807) is 11.3 Å². The van der Waals surface area contributed by atoms with Gasteiger partial charge in [0.15, 0.2) is 0 Å². The Bertz CT molecular complexity index is 1030. The van der Waals surface area contributed by atoms with Crippen molar-refractivity contribution >= 4 is 50.3 Å². The molecule has 140 valence electrons. The molecule has 3 nitrogen and oxygen atoms in total. The lowest BCUT2D eigenvalue weighted by Crippen LogP contribution is -2.05. The number of carbonyl (C=O) groups is 1. The molecule has 4 rings (SSSR count). The number of benzene rings is 1. The molecule has 6 heteroatoms. The van der Waals surface area contributed by atoms with Crippen LogP contribution < -0.4 is 0 Å². The van der Waals surface area contributed by atoms with Gasteiger partial charge in [0.2, 0.25) is 0 Å². The molecule has 0 aliphatic rings. The molecule has 4 aromatic rings. The number of carbonyl (C=O) groups excluding carboxylic acids is 1. The fourth-order valence-corrected chi connectivity index (χ4v) is 4.90. The molecular weight excluding hydrogens is 398 g/mol. The number of aromatic nitrogens is 1. The highest BCUT2D eigenvalue weighted by Gasteiger charge is 2.17. The van der Waals surface area contributed by atoms with Crippen LogP contribution in [0.3, 0.4) is 0 Å². The molecule has 0 aliphatic carbocycles. The molecule has 1 aromatic carbocycles. The third kappa shape index (κ3) is 4.26. The predicted octanol–water partition coefficient (Wildman–Crippen LogP) is 7.02. The van der Waals surface area contributed by atoms with E-state index in [4.69, 9.17) is 16.3 Å². The zero-order chi connectivity index (χ0) is 19.4. The largest absolute Gasteiger partial charge is 0.469 e. The standard InChI is InChI=1S/C19H14ClNO2S2.C2H6/c1-23-19(22)10-13-12(16-6-7-18(20)25-16)9-14(21-13)17-8-11-4-2-3-5-15(11)24-17;1-2/h2-9,21H,10H2,1H3;1-2H3. The first-order chi connectivity index (χ1) is 13.1. The first-order valence-corrected chi connectivity index (χ1v) is 10.7. The molecule has 1 N–H and O–H groups in total. The van der Waals surface area contributed by atoms with Crippen LogP contribution in [0.4, 0.5) is 0 Å². The van der Waals surface area contributed by atoms with Crippen LogP contribution in [0, 0.1) is 0 Å². The number of aromatic amines is 1. The van der Waals surface area contributed by atoms with E-state index in [1.807, 2.05) is 38.1 Å². The molecular formula is C21H20ClNO2S2. The summed E-state index contributed by atoms with van der Waals surface area (Å²) in [6.07, 6.45) is 0.201. The molecule has 0 saturated heterocycles. The van der Waals surface area contributed by atoms with Crippen LogP contribution in [0.2, 0.25) is 4.34 Å². The van der Waals surface area contributed by atoms with Crippen LogP contribution in [0.1, 0.15) is 19.5 Å². The van der Waals surface area contributed by atoms with Crippen LogP contribution >= 0.6 is 34.3 Å². The summed E-state index contributed by atoms with van der Waals surface area (Å²) in [4.78, 5) is 17.4. The van der Waals surface area contributed by atoms with E-state index in [2.05, 4.69) is 29.2 Å². The second-order valence-corrected chi connectivity index (χ2v) is 8.38. The molecule has 0 atom stereocenters. The zero-order valence-corrected chi connectivity index (χ0v) is 17.7. The molecule has 0 fully saturated rings. The minimum absolute atomic E-state index is 0.201. The number of hydrogen-bond acceptors (Lipinski definition) is 4. The number of rotatable bonds is 4. The lowest BCUT2D eigenvalue weighted by molar-refractivity contribution is -0.139. The van der Waals surface area contributed by atoms with Crippen molar-refractivity contribution in [2.24, 2.45) is 0 Å². The van der Waals surface area contributed by atoms with Gasteiger partial charge in [-0.05, 0) is 35.7 Å². The lowest BCUT2D eigenvalue weighted by atomic mass is 10.1. The Kier molecular flexibility index (Phi) is 6.37. The number of H-pyrrole nitrogens is 1. The minimum Gasteiger partial charge on any atom is -0.469 e. The summed E-state index contributed by atoms with van der Waals surface area (Å²) in [6.45, 7) is 4.00. The van der Waals surface area contributed by atoms with Gasteiger partial charge in [-0.1, -0.05) is 43.6 Å². The quantitative estimate of drug-likeness (QED) is 0.362. The third-order valence-electron chi connectivity index (χ3n) is 3.98. The molecule has 0 aliphatic heterocycles. The molecule has 0 radical (unpaired) electrons. The van der Waals surface area contributed by atoms with E-state index in [0.717, 1.165) is 31.0 Å². The summed E-state index contributed by atoms with van der Waals surface area (Å²) in [5.41, 5.74) is 2.84. The van der Waals surface area contributed by atoms with Gasteiger partial charge in [0.25, 0.3) is 0 Å². The number of thiophene rings is 2. The second-order valence-electron chi connectivity index (χ2n) is 5.58. The normalized spacial score (nSPS) is 10.5. The van der Waals surface area contributed by atoms with Gasteiger partial charge < -0.3 is 9.72 Å². The Morgan fingerprint density at radius 2 is 1.85 bits per heavy atom. The predicted molar refractivity (Wildman–Crippen MR) is 117 cm³/mol. The highest BCUT2D eigenvalue weighted by molar-refractivity contribution is 7.22. The number of nitrogens with one attached hydrogen (secondary N) is 1. The zero-order valence-electron chi connectivity index (χ0n) is 15.3. The van der Waals surface area contributed by atoms with Gasteiger partial charge in [0, 0.05) is 20.8 Å². The summed E-state index contributed by atoms with van der Waals surface area (Å²) in [6, 6.07) is 16.4. The van der Waals surface area contributed by atoms with E-state index in [0.29, 0.717) is 0 Å². The van der Waals surface area contributed by atoms with Crippen molar-refractivity contribution in [2.75, 3.05) is 7.11 Å². The second kappa shape index (κ2) is 8.74. The molecule has 0 bridgehead atoms. The van der Waals surface area contributed by atoms with Crippen molar-refractivity contribution in [3.63, 3.8) is 0 Å². The minimum atomic E-state index is -0.270. The number of methoxy groups -OCH3 is 1. The summed E-state index contributed by atoms with van der Waals surface area (Å²) in [5, 5.41) is 1.22. The third-order valence-corrected chi connectivity index (χ3v) is 6.39. The first kappa shape index (κ1) is 19.7. The number of halogens is 1. The van der Waals surface area contributed by atoms with Gasteiger partial charge in [-0.25, -0.2) is 0 Å². The fraction of sp³-hybridized carbons (Fsp3) is 0.190. The summed E-state index contributed by atoms with van der Waals surface area (Å²) >= 11 is 9.32. The van der Waals surface area contributed by atoms with Crippen LogP contribution in [-0.4, -0.2) is 18.1 Å². The maximum absolute atomic E-state index is 11.8. The van der Waals surface area contributed by atoms with Crippen LogP contribution in [0.25, 0.3) is 31.1 Å². The molecule has 27 heavy (non-hydrogen) atoms. The number of ether oxygens (including phenoxy) is 1. The van der Waals surface area contributed by atoms with Gasteiger partial charge in [-0.15, -0.1) is 22.7 Å². The SMILES string of the molecule is CC.COC(=O)Cc1[nH]c(-c2cc3ccccc3s2)cc1-c1ccc(Cl)s1. The van der Waals surface area contributed by atoms with Crippen molar-refractivity contribution in [3.05, 3.63) is 58.6 Å². The maximum atomic E-state index is 11.8. The van der Waals surface area contributed by atoms with Gasteiger partial charge in [0.1, 0.15) is 0 Å². The summed E-state index contributed by atoms with van der Waals surface area (Å²) < 4.78 is 6.80. The topological polar surface area (TPSA) is 42.1 Å². The Morgan fingerprint density at radius 3 is 2.52 bits per heavy atom. The Morgan fingerprint density at radius 1 is 1.07 bits per heavy atom. The molecule has 0 unspecified atom stereocenters. The summed E-state index contributed by atoms with van der Waals surface area (Å²) in [5.74, 6) is -0.270. The van der Waals surface area contributed by atoms with Crippen molar-refractivity contribution in [3.8, 4) is 21.0 Å².